The van der Waals surface area contributed by atoms with E-state index in [0.29, 0.717) is 12.6 Å². The van der Waals surface area contributed by atoms with Crippen LogP contribution >= 0.6 is 11.8 Å². The zero-order chi connectivity index (χ0) is 13.8. The number of hydrogen-bond donors (Lipinski definition) is 1. The highest BCUT2D eigenvalue weighted by Crippen LogP contribution is 2.39. The van der Waals surface area contributed by atoms with Gasteiger partial charge in [0.15, 0.2) is 0 Å². The van der Waals surface area contributed by atoms with Crippen molar-refractivity contribution in [2.24, 2.45) is 0 Å². The van der Waals surface area contributed by atoms with Crippen molar-refractivity contribution in [3.05, 3.63) is 24.3 Å². The van der Waals surface area contributed by atoms with Gasteiger partial charge >= 0.3 is 0 Å². The van der Waals surface area contributed by atoms with Crippen LogP contribution in [0.1, 0.15) is 26.2 Å². The van der Waals surface area contributed by atoms with E-state index in [1.165, 1.54) is 17.9 Å². The summed E-state index contributed by atoms with van der Waals surface area (Å²) < 4.78 is 11.5. The van der Waals surface area contributed by atoms with Gasteiger partial charge in [-0.1, -0.05) is 0 Å². The van der Waals surface area contributed by atoms with Crippen molar-refractivity contribution in [3.63, 3.8) is 0 Å². The maximum absolute atomic E-state index is 6.06. The highest BCUT2D eigenvalue weighted by atomic mass is 32.2. The molecule has 1 aromatic carbocycles. The second-order valence-electron chi connectivity index (χ2n) is 5.63. The normalized spacial score (nSPS) is 29.6. The first-order chi connectivity index (χ1) is 9.80. The van der Waals surface area contributed by atoms with Gasteiger partial charge in [0, 0.05) is 24.1 Å². The van der Waals surface area contributed by atoms with Gasteiger partial charge in [-0.3, -0.25) is 0 Å². The summed E-state index contributed by atoms with van der Waals surface area (Å²) in [7, 11) is 0. The molecule has 1 spiro atoms. The van der Waals surface area contributed by atoms with Crippen molar-refractivity contribution in [3.8, 4) is 5.75 Å². The van der Waals surface area contributed by atoms with Gasteiger partial charge in [-0.2, -0.15) is 11.8 Å². The number of ether oxygens (including phenoxy) is 2. The number of thioether (sulfide) groups is 1. The van der Waals surface area contributed by atoms with Gasteiger partial charge in [0.1, 0.15) is 5.75 Å². The van der Waals surface area contributed by atoms with Gasteiger partial charge < -0.3 is 14.8 Å². The summed E-state index contributed by atoms with van der Waals surface area (Å²) >= 11 is 2.03. The lowest BCUT2D eigenvalue weighted by Gasteiger charge is -2.38. The van der Waals surface area contributed by atoms with E-state index in [9.17, 15) is 0 Å². The van der Waals surface area contributed by atoms with Crippen LogP contribution in [-0.4, -0.2) is 36.4 Å². The van der Waals surface area contributed by atoms with E-state index < -0.39 is 0 Å². The lowest BCUT2D eigenvalue weighted by molar-refractivity contribution is -0.0628. The molecule has 0 amide bonds. The minimum absolute atomic E-state index is 0.145. The number of anilines is 1. The average Bonchev–Trinajstić information content (AvgIpc) is 2.89. The Kier molecular flexibility index (Phi) is 4.41. The van der Waals surface area contributed by atoms with Crippen molar-refractivity contribution in [1.82, 2.24) is 0 Å². The Hall–Kier alpha value is -0.870. The summed E-state index contributed by atoms with van der Waals surface area (Å²) in [6.45, 7) is 3.61. The van der Waals surface area contributed by atoms with Crippen molar-refractivity contribution >= 4 is 17.4 Å². The van der Waals surface area contributed by atoms with E-state index >= 15 is 0 Å². The van der Waals surface area contributed by atoms with Gasteiger partial charge in [-0.15, -0.1) is 0 Å². The van der Waals surface area contributed by atoms with E-state index in [2.05, 4.69) is 17.4 Å². The van der Waals surface area contributed by atoms with Crippen molar-refractivity contribution in [2.45, 2.75) is 37.8 Å². The molecule has 3 nitrogen and oxygen atoms in total. The third kappa shape index (κ3) is 3.23. The summed E-state index contributed by atoms with van der Waals surface area (Å²) in [4.78, 5) is 0. The Morgan fingerprint density at radius 2 is 2.25 bits per heavy atom. The van der Waals surface area contributed by atoms with Crippen LogP contribution in [-0.2, 0) is 4.74 Å². The Bertz CT molecular complexity index is 429. The van der Waals surface area contributed by atoms with Gasteiger partial charge in [0.2, 0.25) is 0 Å². The molecule has 0 radical (unpaired) electrons. The van der Waals surface area contributed by atoms with Gasteiger partial charge in [0.05, 0.1) is 12.2 Å². The molecule has 4 heteroatoms. The molecular weight excluding hydrogens is 270 g/mol. The molecule has 20 heavy (non-hydrogen) atoms. The van der Waals surface area contributed by atoms with Crippen LogP contribution in [0.5, 0.6) is 5.75 Å². The minimum atomic E-state index is 0.145. The van der Waals surface area contributed by atoms with E-state index in [0.717, 1.165) is 31.0 Å². The molecule has 2 unspecified atom stereocenters. The molecule has 2 fully saturated rings. The molecule has 0 aromatic heterocycles. The number of benzene rings is 1. The van der Waals surface area contributed by atoms with Gasteiger partial charge in [0.25, 0.3) is 0 Å². The van der Waals surface area contributed by atoms with Crippen LogP contribution < -0.4 is 10.1 Å². The molecule has 2 aliphatic heterocycles. The highest BCUT2D eigenvalue weighted by molar-refractivity contribution is 7.99. The highest BCUT2D eigenvalue weighted by Gasteiger charge is 2.40. The monoisotopic (exact) mass is 293 g/mol. The van der Waals surface area contributed by atoms with E-state index in [1.807, 2.05) is 30.8 Å². The Labute approximate surface area is 125 Å². The minimum Gasteiger partial charge on any atom is -0.494 e. The fourth-order valence-corrected chi connectivity index (χ4v) is 4.44. The molecule has 1 N–H and O–H groups in total. The first-order valence-electron chi connectivity index (χ1n) is 7.51. The lowest BCUT2D eigenvalue weighted by atomic mass is 9.90. The standard InChI is InChI=1S/C16H23NO2S/c1-2-18-15-5-3-13(4-6-15)17-14-7-9-19-16(11-14)8-10-20-12-16/h3-6,14,17H,2,7-12H2,1H3. The maximum atomic E-state index is 6.06. The quantitative estimate of drug-likeness (QED) is 0.919. The first kappa shape index (κ1) is 14.1. The summed E-state index contributed by atoms with van der Waals surface area (Å²) in [6, 6.07) is 8.81. The third-order valence-electron chi connectivity index (χ3n) is 4.10. The molecule has 2 heterocycles. The maximum Gasteiger partial charge on any atom is 0.119 e. The second-order valence-corrected chi connectivity index (χ2v) is 6.73. The Balaban J connectivity index is 1.59. The van der Waals surface area contributed by atoms with Crippen molar-refractivity contribution in [1.29, 1.82) is 0 Å². The summed E-state index contributed by atoms with van der Waals surface area (Å²) in [5.41, 5.74) is 1.33. The second kappa shape index (κ2) is 6.27. The van der Waals surface area contributed by atoms with E-state index in [4.69, 9.17) is 9.47 Å². The fourth-order valence-electron chi connectivity index (χ4n) is 3.06. The molecule has 110 valence electrons. The Morgan fingerprint density at radius 3 is 2.95 bits per heavy atom. The predicted octanol–water partition coefficient (Wildman–Crippen LogP) is 3.55. The van der Waals surface area contributed by atoms with Crippen LogP contribution in [0.25, 0.3) is 0 Å². The zero-order valence-corrected chi connectivity index (χ0v) is 12.9. The molecule has 0 bridgehead atoms. The third-order valence-corrected chi connectivity index (χ3v) is 5.32. The van der Waals surface area contributed by atoms with Crippen LogP contribution in [0, 0.1) is 0 Å². The molecule has 2 saturated heterocycles. The van der Waals surface area contributed by atoms with Crippen LogP contribution in [0.2, 0.25) is 0 Å². The predicted molar refractivity (Wildman–Crippen MR) is 84.9 cm³/mol. The van der Waals surface area contributed by atoms with Crippen LogP contribution in [0.15, 0.2) is 24.3 Å². The average molecular weight is 293 g/mol. The molecule has 1 aromatic rings. The SMILES string of the molecule is CCOc1ccc(NC2CCOC3(CCSC3)C2)cc1. The molecule has 2 atom stereocenters. The van der Waals surface area contributed by atoms with Crippen LogP contribution in [0.3, 0.4) is 0 Å². The topological polar surface area (TPSA) is 30.5 Å². The number of nitrogens with one attached hydrogen (secondary N) is 1. The van der Waals surface area contributed by atoms with Gasteiger partial charge in [-0.05, 0) is 56.2 Å². The van der Waals surface area contributed by atoms with Crippen LogP contribution in [0.4, 0.5) is 5.69 Å². The molecule has 0 saturated carbocycles. The first-order valence-corrected chi connectivity index (χ1v) is 8.66. The zero-order valence-electron chi connectivity index (χ0n) is 12.1. The largest absolute Gasteiger partial charge is 0.494 e. The summed E-state index contributed by atoms with van der Waals surface area (Å²) in [5.74, 6) is 3.35. The summed E-state index contributed by atoms with van der Waals surface area (Å²) in [5, 5.41) is 3.66. The summed E-state index contributed by atoms with van der Waals surface area (Å²) in [6.07, 6.45) is 3.44. The molecule has 0 aliphatic carbocycles. The molecule has 3 rings (SSSR count). The van der Waals surface area contributed by atoms with E-state index in [1.54, 1.807) is 0 Å². The fraction of sp³-hybridized carbons (Fsp3) is 0.625. The van der Waals surface area contributed by atoms with Crippen molar-refractivity contribution in [2.75, 3.05) is 30.0 Å². The smallest absolute Gasteiger partial charge is 0.119 e. The lowest BCUT2D eigenvalue weighted by Crippen LogP contribution is -2.44. The van der Waals surface area contributed by atoms with E-state index in [-0.39, 0.29) is 5.60 Å². The Morgan fingerprint density at radius 1 is 1.40 bits per heavy atom. The molecular formula is C16H23NO2S. The molecule has 2 aliphatic rings. The number of rotatable bonds is 4. The van der Waals surface area contributed by atoms with Crippen molar-refractivity contribution < 1.29 is 9.47 Å². The number of hydrogen-bond acceptors (Lipinski definition) is 4. The van der Waals surface area contributed by atoms with Gasteiger partial charge in [-0.25, -0.2) is 0 Å².